The van der Waals surface area contributed by atoms with Crippen LogP contribution in [0.1, 0.15) is 34.7 Å². The van der Waals surface area contributed by atoms with Crippen molar-refractivity contribution in [2.24, 2.45) is 0 Å². The quantitative estimate of drug-likeness (QED) is 0.622. The van der Waals surface area contributed by atoms with Gasteiger partial charge in [0, 0.05) is 25.2 Å². The van der Waals surface area contributed by atoms with Crippen molar-refractivity contribution in [3.63, 3.8) is 0 Å². The normalized spacial score (nSPS) is 16.4. The van der Waals surface area contributed by atoms with Gasteiger partial charge in [-0.1, -0.05) is 48.0 Å². The molecule has 4 rings (SSSR count). The third-order valence-electron chi connectivity index (χ3n) is 5.77. The van der Waals surface area contributed by atoms with E-state index in [9.17, 15) is 4.79 Å². The van der Waals surface area contributed by atoms with Gasteiger partial charge in [0.1, 0.15) is 11.6 Å². The van der Waals surface area contributed by atoms with Crippen molar-refractivity contribution in [3.8, 4) is 5.75 Å². The number of carbonyl (C=O) groups is 1. The fourth-order valence-electron chi connectivity index (χ4n) is 4.15. The monoisotopic (exact) mass is 418 g/mol. The molecule has 0 saturated carbocycles. The molecule has 6 heteroatoms. The molecule has 1 atom stereocenters. The average Bonchev–Trinajstić information content (AvgIpc) is 3.35. The molecule has 31 heavy (non-hydrogen) atoms. The second kappa shape index (κ2) is 9.35. The molecular weight excluding hydrogens is 388 g/mol. The SMILES string of the molecule is Cc1ccc(OCC(=O)Nc2c(C)cnn2C2CCN(Cc3ccccc3)C2)c(C)c1. The Bertz CT molecular complexity index is 1040. The summed E-state index contributed by atoms with van der Waals surface area (Å²) in [6.45, 7) is 8.83. The minimum Gasteiger partial charge on any atom is -0.483 e. The lowest BCUT2D eigenvalue weighted by atomic mass is 10.1. The lowest BCUT2D eigenvalue weighted by Gasteiger charge is -2.18. The molecule has 0 aliphatic carbocycles. The maximum absolute atomic E-state index is 12.6. The van der Waals surface area contributed by atoms with Crippen molar-refractivity contribution in [2.75, 3.05) is 25.0 Å². The Morgan fingerprint density at radius 1 is 1.13 bits per heavy atom. The van der Waals surface area contributed by atoms with Crippen molar-refractivity contribution < 1.29 is 9.53 Å². The number of nitrogens with zero attached hydrogens (tertiary/aromatic N) is 3. The standard InChI is InChI=1S/C25H30N4O2/c1-18-9-10-23(19(2)13-18)31-17-24(30)27-25-20(3)14-26-29(25)22-11-12-28(16-22)15-21-7-5-4-6-8-21/h4-10,13-14,22H,11-12,15-17H2,1-3H3,(H,27,30). The highest BCUT2D eigenvalue weighted by Gasteiger charge is 2.27. The Morgan fingerprint density at radius 2 is 1.94 bits per heavy atom. The fourth-order valence-corrected chi connectivity index (χ4v) is 4.15. The summed E-state index contributed by atoms with van der Waals surface area (Å²) in [7, 11) is 0. The number of hydrogen-bond acceptors (Lipinski definition) is 4. The third-order valence-corrected chi connectivity index (χ3v) is 5.77. The van der Waals surface area contributed by atoms with Gasteiger partial charge in [-0.25, -0.2) is 4.68 Å². The molecular formula is C25H30N4O2. The van der Waals surface area contributed by atoms with Gasteiger partial charge in [0.25, 0.3) is 5.91 Å². The van der Waals surface area contributed by atoms with E-state index in [1.165, 1.54) is 11.1 Å². The summed E-state index contributed by atoms with van der Waals surface area (Å²) in [5.41, 5.74) is 4.48. The summed E-state index contributed by atoms with van der Waals surface area (Å²) < 4.78 is 7.71. The van der Waals surface area contributed by atoms with Crippen LogP contribution >= 0.6 is 0 Å². The topological polar surface area (TPSA) is 59.4 Å². The van der Waals surface area contributed by atoms with E-state index in [4.69, 9.17) is 4.74 Å². The van der Waals surface area contributed by atoms with Gasteiger partial charge in [-0.2, -0.15) is 5.10 Å². The summed E-state index contributed by atoms with van der Waals surface area (Å²) in [5, 5.41) is 7.59. The number of anilines is 1. The lowest BCUT2D eigenvalue weighted by Crippen LogP contribution is -2.25. The van der Waals surface area contributed by atoms with Crippen molar-refractivity contribution in [1.82, 2.24) is 14.7 Å². The molecule has 162 valence electrons. The summed E-state index contributed by atoms with van der Waals surface area (Å²) >= 11 is 0. The predicted octanol–water partition coefficient (Wildman–Crippen LogP) is 4.27. The van der Waals surface area contributed by atoms with Crippen molar-refractivity contribution in [1.29, 1.82) is 0 Å². The van der Waals surface area contributed by atoms with E-state index in [0.29, 0.717) is 0 Å². The maximum atomic E-state index is 12.6. The molecule has 1 fully saturated rings. The van der Waals surface area contributed by atoms with Crippen LogP contribution in [0.5, 0.6) is 5.75 Å². The van der Waals surface area contributed by atoms with Crippen LogP contribution in [0.3, 0.4) is 0 Å². The number of aromatic nitrogens is 2. The molecule has 1 unspecified atom stereocenters. The molecule has 1 amide bonds. The van der Waals surface area contributed by atoms with Gasteiger partial charge < -0.3 is 10.1 Å². The lowest BCUT2D eigenvalue weighted by molar-refractivity contribution is -0.118. The van der Waals surface area contributed by atoms with E-state index in [2.05, 4.69) is 39.6 Å². The van der Waals surface area contributed by atoms with Crippen LogP contribution in [-0.2, 0) is 11.3 Å². The highest BCUT2D eigenvalue weighted by Crippen LogP contribution is 2.28. The molecule has 1 N–H and O–H groups in total. The maximum Gasteiger partial charge on any atom is 0.263 e. The predicted molar refractivity (Wildman–Crippen MR) is 122 cm³/mol. The number of hydrogen-bond donors (Lipinski definition) is 1. The van der Waals surface area contributed by atoms with Crippen molar-refractivity contribution in [2.45, 2.75) is 39.8 Å². The number of ether oxygens (including phenoxy) is 1. The third kappa shape index (κ3) is 5.14. The van der Waals surface area contributed by atoms with Crippen LogP contribution in [0.25, 0.3) is 0 Å². The second-order valence-electron chi connectivity index (χ2n) is 8.39. The van der Waals surface area contributed by atoms with E-state index >= 15 is 0 Å². The fraction of sp³-hybridized carbons (Fsp3) is 0.360. The van der Waals surface area contributed by atoms with Gasteiger partial charge in [-0.3, -0.25) is 9.69 Å². The van der Waals surface area contributed by atoms with Crippen molar-refractivity contribution >= 4 is 11.7 Å². The first-order chi connectivity index (χ1) is 15.0. The minimum absolute atomic E-state index is 0.0285. The highest BCUT2D eigenvalue weighted by atomic mass is 16.5. The summed E-state index contributed by atoms with van der Waals surface area (Å²) in [4.78, 5) is 15.0. The number of carbonyl (C=O) groups excluding carboxylic acids is 1. The van der Waals surface area contributed by atoms with Crippen LogP contribution in [-0.4, -0.2) is 40.3 Å². The number of nitrogens with one attached hydrogen (secondary N) is 1. The Balaban J connectivity index is 1.37. The molecule has 0 bridgehead atoms. The molecule has 3 aromatic rings. The van der Waals surface area contributed by atoms with Crippen LogP contribution < -0.4 is 10.1 Å². The number of aryl methyl sites for hydroxylation is 3. The van der Waals surface area contributed by atoms with E-state index in [1.54, 1.807) is 0 Å². The summed E-state index contributed by atoms with van der Waals surface area (Å²) in [6, 6.07) is 16.7. The molecule has 0 radical (unpaired) electrons. The van der Waals surface area contributed by atoms with Crippen LogP contribution in [0.2, 0.25) is 0 Å². The van der Waals surface area contributed by atoms with Gasteiger partial charge in [-0.05, 0) is 44.4 Å². The Hall–Kier alpha value is -3.12. The highest BCUT2D eigenvalue weighted by molar-refractivity contribution is 5.91. The van der Waals surface area contributed by atoms with Crippen LogP contribution in [0, 0.1) is 20.8 Å². The molecule has 6 nitrogen and oxygen atoms in total. The zero-order valence-corrected chi connectivity index (χ0v) is 18.5. The van der Waals surface area contributed by atoms with E-state index in [-0.39, 0.29) is 18.6 Å². The van der Waals surface area contributed by atoms with Crippen molar-refractivity contribution in [3.05, 3.63) is 77.0 Å². The molecule has 1 aliphatic heterocycles. The first-order valence-electron chi connectivity index (χ1n) is 10.8. The molecule has 2 heterocycles. The molecule has 2 aromatic carbocycles. The average molecular weight is 419 g/mol. The van der Waals surface area contributed by atoms with Gasteiger partial charge in [0.2, 0.25) is 0 Å². The Morgan fingerprint density at radius 3 is 2.71 bits per heavy atom. The van der Waals surface area contributed by atoms with E-state index < -0.39 is 0 Å². The smallest absolute Gasteiger partial charge is 0.263 e. The molecule has 1 aliphatic rings. The first kappa shape index (κ1) is 21.1. The number of benzene rings is 2. The Labute approximate surface area is 183 Å². The number of likely N-dealkylation sites (tertiary alicyclic amines) is 1. The number of amides is 1. The number of rotatable bonds is 7. The van der Waals surface area contributed by atoms with Gasteiger partial charge in [0.05, 0.1) is 12.2 Å². The zero-order chi connectivity index (χ0) is 21.8. The second-order valence-corrected chi connectivity index (χ2v) is 8.39. The minimum atomic E-state index is -0.177. The summed E-state index contributed by atoms with van der Waals surface area (Å²) in [5.74, 6) is 1.32. The van der Waals surface area contributed by atoms with Crippen LogP contribution in [0.4, 0.5) is 5.82 Å². The Kier molecular flexibility index (Phi) is 6.37. The van der Waals surface area contributed by atoms with Gasteiger partial charge in [-0.15, -0.1) is 0 Å². The first-order valence-corrected chi connectivity index (χ1v) is 10.8. The van der Waals surface area contributed by atoms with E-state index in [0.717, 1.165) is 48.7 Å². The van der Waals surface area contributed by atoms with Gasteiger partial charge in [0.15, 0.2) is 6.61 Å². The molecule has 0 spiro atoms. The molecule has 1 aromatic heterocycles. The van der Waals surface area contributed by atoms with Gasteiger partial charge >= 0.3 is 0 Å². The van der Waals surface area contributed by atoms with E-state index in [1.807, 2.05) is 55.9 Å². The van der Waals surface area contributed by atoms with Crippen LogP contribution in [0.15, 0.2) is 54.7 Å². The molecule has 1 saturated heterocycles. The summed E-state index contributed by atoms with van der Waals surface area (Å²) in [6.07, 6.45) is 2.83. The largest absolute Gasteiger partial charge is 0.483 e. The zero-order valence-electron chi connectivity index (χ0n) is 18.5.